The van der Waals surface area contributed by atoms with Crippen LogP contribution < -0.4 is 0 Å². The second-order valence-electron chi connectivity index (χ2n) is 2.79. The van der Waals surface area contributed by atoms with Gasteiger partial charge in [0, 0.05) is 19.2 Å². The number of hydrogen-bond acceptors (Lipinski definition) is 2. The molecule has 0 saturated carbocycles. The molecular formula is C9H13NO2. The molecule has 66 valence electrons. The summed E-state index contributed by atoms with van der Waals surface area (Å²) in [6.45, 7) is 2.95. The predicted molar refractivity (Wildman–Crippen MR) is 46.5 cm³/mol. The largest absolute Gasteiger partial charge is 0.478 e. The number of hydrogen-bond donors (Lipinski definition) is 1. The van der Waals surface area contributed by atoms with Crippen LogP contribution in [0.25, 0.3) is 0 Å². The summed E-state index contributed by atoms with van der Waals surface area (Å²) in [7, 11) is 0. The number of allylic oxidation sites excluding steroid dienone is 1. The van der Waals surface area contributed by atoms with Gasteiger partial charge in [0.2, 0.25) is 0 Å². The Kier molecular flexibility index (Phi) is 2.91. The number of nitrogens with zero attached hydrogens (tertiary/aromatic N) is 1. The third-order valence-corrected chi connectivity index (χ3v) is 1.71. The molecule has 0 radical (unpaired) electrons. The minimum Gasteiger partial charge on any atom is -0.478 e. The molecule has 0 aromatic carbocycles. The van der Waals surface area contributed by atoms with Crippen molar-refractivity contribution in [3.8, 4) is 0 Å². The molecule has 0 aromatic heterocycles. The zero-order valence-electron chi connectivity index (χ0n) is 7.16. The lowest BCUT2D eigenvalue weighted by molar-refractivity contribution is -0.132. The van der Waals surface area contributed by atoms with Gasteiger partial charge in [0.15, 0.2) is 0 Å². The maximum atomic E-state index is 10.6. The van der Waals surface area contributed by atoms with Crippen LogP contribution in [0.5, 0.6) is 0 Å². The van der Waals surface area contributed by atoms with Gasteiger partial charge in [-0.2, -0.15) is 0 Å². The van der Waals surface area contributed by atoms with E-state index in [4.69, 9.17) is 5.11 Å². The first-order chi connectivity index (χ1) is 5.74. The molecule has 0 saturated heterocycles. The van der Waals surface area contributed by atoms with Gasteiger partial charge >= 0.3 is 5.97 Å². The van der Waals surface area contributed by atoms with Crippen LogP contribution in [0.1, 0.15) is 19.8 Å². The number of rotatable bonds is 3. The van der Waals surface area contributed by atoms with Crippen molar-refractivity contribution < 1.29 is 9.90 Å². The van der Waals surface area contributed by atoms with E-state index < -0.39 is 5.97 Å². The molecule has 0 spiro atoms. The molecule has 3 nitrogen and oxygen atoms in total. The molecule has 0 aromatic rings. The third-order valence-electron chi connectivity index (χ3n) is 1.71. The summed E-state index contributed by atoms with van der Waals surface area (Å²) in [5.41, 5.74) is 0.464. The molecule has 1 aliphatic rings. The average molecular weight is 167 g/mol. The zero-order chi connectivity index (χ0) is 8.97. The van der Waals surface area contributed by atoms with Gasteiger partial charge in [-0.25, -0.2) is 4.79 Å². The van der Waals surface area contributed by atoms with Gasteiger partial charge in [0.25, 0.3) is 0 Å². The van der Waals surface area contributed by atoms with Gasteiger partial charge in [-0.15, -0.1) is 0 Å². The Morgan fingerprint density at radius 2 is 2.50 bits per heavy atom. The molecule has 3 heteroatoms. The summed E-state index contributed by atoms with van der Waals surface area (Å²) >= 11 is 0. The van der Waals surface area contributed by atoms with Crippen molar-refractivity contribution in [3.05, 3.63) is 24.0 Å². The van der Waals surface area contributed by atoms with Gasteiger partial charge in [0.05, 0.1) is 5.57 Å². The highest BCUT2D eigenvalue weighted by Gasteiger charge is 2.10. The maximum absolute atomic E-state index is 10.6. The fourth-order valence-corrected chi connectivity index (χ4v) is 1.15. The van der Waals surface area contributed by atoms with Crippen molar-refractivity contribution in [2.24, 2.45) is 0 Å². The normalized spacial score (nSPS) is 16.1. The molecule has 0 unspecified atom stereocenters. The van der Waals surface area contributed by atoms with Crippen molar-refractivity contribution >= 4 is 5.97 Å². The van der Waals surface area contributed by atoms with Crippen molar-refractivity contribution in [3.63, 3.8) is 0 Å². The summed E-state index contributed by atoms with van der Waals surface area (Å²) in [6, 6.07) is 0. The van der Waals surface area contributed by atoms with Gasteiger partial charge in [-0.3, -0.25) is 0 Å². The Balaban J connectivity index is 2.61. The van der Waals surface area contributed by atoms with E-state index in [0.717, 1.165) is 13.0 Å². The van der Waals surface area contributed by atoms with E-state index in [1.807, 2.05) is 17.2 Å². The molecule has 0 bridgehead atoms. The lowest BCUT2D eigenvalue weighted by Gasteiger charge is -2.18. The van der Waals surface area contributed by atoms with Gasteiger partial charge in [-0.05, 0) is 12.6 Å². The monoisotopic (exact) mass is 167 g/mol. The van der Waals surface area contributed by atoms with Gasteiger partial charge in [-0.1, -0.05) is 13.0 Å². The lowest BCUT2D eigenvalue weighted by Crippen LogP contribution is -2.16. The topological polar surface area (TPSA) is 40.5 Å². The van der Waals surface area contributed by atoms with Crippen molar-refractivity contribution in [2.45, 2.75) is 19.8 Å². The summed E-state index contributed by atoms with van der Waals surface area (Å²) in [5, 5.41) is 8.70. The van der Waals surface area contributed by atoms with Gasteiger partial charge in [0.1, 0.15) is 0 Å². The summed E-state index contributed by atoms with van der Waals surface area (Å²) in [5.74, 6) is -0.819. The van der Waals surface area contributed by atoms with E-state index in [1.165, 1.54) is 0 Å². The maximum Gasteiger partial charge on any atom is 0.333 e. The molecule has 12 heavy (non-hydrogen) atoms. The zero-order valence-corrected chi connectivity index (χ0v) is 7.16. The van der Waals surface area contributed by atoms with Gasteiger partial charge < -0.3 is 10.0 Å². The standard InChI is InChI=1S/C9H13NO2/c1-2-5-10-6-3-4-8(7-10)9(11)12/h3,6-7H,2,4-5H2,1H3,(H,11,12). The molecule has 0 amide bonds. The number of carboxylic acid groups (broad SMARTS) is 1. The fraction of sp³-hybridized carbons (Fsp3) is 0.444. The number of aliphatic carboxylic acids is 1. The Bertz CT molecular complexity index is 231. The van der Waals surface area contributed by atoms with Crippen LogP contribution >= 0.6 is 0 Å². The average Bonchev–Trinajstić information content (AvgIpc) is 2.05. The number of carbonyl (C=O) groups is 1. The SMILES string of the molecule is CCCN1C=CCC(C(=O)O)=C1. The molecule has 0 fully saturated rings. The van der Waals surface area contributed by atoms with E-state index in [9.17, 15) is 4.79 Å². The van der Waals surface area contributed by atoms with Crippen molar-refractivity contribution in [1.29, 1.82) is 0 Å². The summed E-state index contributed by atoms with van der Waals surface area (Å²) in [6.07, 6.45) is 7.06. The molecular weight excluding hydrogens is 154 g/mol. The van der Waals surface area contributed by atoms with E-state index in [2.05, 4.69) is 6.92 Å². The van der Waals surface area contributed by atoms with Crippen LogP contribution in [0.4, 0.5) is 0 Å². The highest BCUT2D eigenvalue weighted by molar-refractivity contribution is 5.86. The summed E-state index contributed by atoms with van der Waals surface area (Å²) in [4.78, 5) is 12.5. The minimum atomic E-state index is -0.819. The van der Waals surface area contributed by atoms with Crippen LogP contribution in [0.2, 0.25) is 0 Å². The molecule has 0 aliphatic carbocycles. The predicted octanol–water partition coefficient (Wildman–Crippen LogP) is 1.58. The van der Waals surface area contributed by atoms with E-state index in [0.29, 0.717) is 12.0 Å². The first-order valence-corrected chi connectivity index (χ1v) is 4.10. The van der Waals surface area contributed by atoms with Crippen molar-refractivity contribution in [2.75, 3.05) is 6.54 Å². The Hall–Kier alpha value is -1.25. The molecule has 1 heterocycles. The van der Waals surface area contributed by atoms with Crippen LogP contribution in [-0.2, 0) is 4.79 Å². The fourth-order valence-electron chi connectivity index (χ4n) is 1.15. The Labute approximate surface area is 72.0 Å². The van der Waals surface area contributed by atoms with E-state index in [-0.39, 0.29) is 0 Å². The number of carboxylic acids is 1. The molecule has 1 aliphatic heterocycles. The first kappa shape index (κ1) is 8.84. The van der Waals surface area contributed by atoms with Crippen LogP contribution in [0.15, 0.2) is 24.0 Å². The smallest absolute Gasteiger partial charge is 0.333 e. The van der Waals surface area contributed by atoms with Crippen LogP contribution in [-0.4, -0.2) is 22.5 Å². The van der Waals surface area contributed by atoms with Crippen LogP contribution in [0, 0.1) is 0 Å². The third kappa shape index (κ3) is 2.12. The highest BCUT2D eigenvalue weighted by atomic mass is 16.4. The lowest BCUT2D eigenvalue weighted by atomic mass is 10.1. The molecule has 1 N–H and O–H groups in total. The van der Waals surface area contributed by atoms with E-state index >= 15 is 0 Å². The summed E-state index contributed by atoms with van der Waals surface area (Å²) < 4.78 is 0. The highest BCUT2D eigenvalue weighted by Crippen LogP contribution is 2.11. The second kappa shape index (κ2) is 3.95. The minimum absolute atomic E-state index is 0.464. The quantitative estimate of drug-likeness (QED) is 0.693. The van der Waals surface area contributed by atoms with Crippen molar-refractivity contribution in [1.82, 2.24) is 4.90 Å². The second-order valence-corrected chi connectivity index (χ2v) is 2.79. The molecule has 0 atom stereocenters. The van der Waals surface area contributed by atoms with E-state index in [1.54, 1.807) is 6.20 Å². The Morgan fingerprint density at radius 3 is 3.08 bits per heavy atom. The van der Waals surface area contributed by atoms with Crippen LogP contribution in [0.3, 0.4) is 0 Å². The Morgan fingerprint density at radius 1 is 1.75 bits per heavy atom. The molecule has 1 rings (SSSR count). The first-order valence-electron chi connectivity index (χ1n) is 4.10.